The van der Waals surface area contributed by atoms with Crippen molar-refractivity contribution in [3.63, 3.8) is 0 Å². The summed E-state index contributed by atoms with van der Waals surface area (Å²) in [4.78, 5) is 11.5. The lowest BCUT2D eigenvalue weighted by molar-refractivity contribution is -0.121. The van der Waals surface area contributed by atoms with E-state index in [2.05, 4.69) is 24.5 Å². The average Bonchev–Trinajstić information content (AvgIpc) is 2.77. The van der Waals surface area contributed by atoms with Crippen LogP contribution in [-0.2, 0) is 9.53 Å². The molecule has 1 unspecified atom stereocenters. The number of carbonyl (C=O) groups excluding carboxylic acids is 1. The zero-order chi connectivity index (χ0) is 12.5. The highest BCUT2D eigenvalue weighted by Gasteiger charge is 2.15. The molecule has 1 fully saturated rings. The van der Waals surface area contributed by atoms with Gasteiger partial charge in [0.2, 0.25) is 5.91 Å². The fourth-order valence-corrected chi connectivity index (χ4v) is 1.95. The Morgan fingerprint density at radius 2 is 2.24 bits per heavy atom. The Morgan fingerprint density at radius 3 is 2.88 bits per heavy atom. The van der Waals surface area contributed by atoms with Gasteiger partial charge in [-0.25, -0.2) is 0 Å². The van der Waals surface area contributed by atoms with Crippen molar-refractivity contribution in [2.45, 2.75) is 45.6 Å². The summed E-state index contributed by atoms with van der Waals surface area (Å²) in [7, 11) is 0. The Morgan fingerprint density at radius 1 is 1.41 bits per heavy atom. The Labute approximate surface area is 104 Å². The monoisotopic (exact) mass is 242 g/mol. The summed E-state index contributed by atoms with van der Waals surface area (Å²) >= 11 is 0. The van der Waals surface area contributed by atoms with Crippen molar-refractivity contribution in [1.29, 1.82) is 0 Å². The number of nitrogens with one attached hydrogen (secondary N) is 2. The molecule has 0 aromatic carbocycles. The molecule has 0 bridgehead atoms. The summed E-state index contributed by atoms with van der Waals surface area (Å²) in [6, 6.07) is 0.500. The van der Waals surface area contributed by atoms with Gasteiger partial charge in [0.05, 0.1) is 0 Å². The minimum atomic E-state index is 0.175. The third-order valence-electron chi connectivity index (χ3n) is 3.03. The largest absolute Gasteiger partial charge is 0.381 e. The van der Waals surface area contributed by atoms with Crippen molar-refractivity contribution in [1.82, 2.24) is 10.6 Å². The number of hydrogen-bond donors (Lipinski definition) is 2. The molecule has 1 amide bonds. The van der Waals surface area contributed by atoms with Crippen molar-refractivity contribution in [3.05, 3.63) is 0 Å². The van der Waals surface area contributed by atoms with E-state index in [1.165, 1.54) is 0 Å². The van der Waals surface area contributed by atoms with E-state index in [1.54, 1.807) is 0 Å². The number of amides is 1. The molecule has 1 atom stereocenters. The zero-order valence-electron chi connectivity index (χ0n) is 11.1. The fraction of sp³-hybridized carbons (Fsp3) is 0.923. The fourth-order valence-electron chi connectivity index (χ4n) is 1.95. The molecule has 17 heavy (non-hydrogen) atoms. The molecule has 0 spiro atoms. The second kappa shape index (κ2) is 8.48. The highest BCUT2D eigenvalue weighted by Crippen LogP contribution is 2.15. The third-order valence-corrected chi connectivity index (χ3v) is 3.03. The predicted molar refractivity (Wildman–Crippen MR) is 68.9 cm³/mol. The lowest BCUT2D eigenvalue weighted by atomic mass is 10.1. The van der Waals surface area contributed by atoms with Crippen LogP contribution in [-0.4, -0.2) is 38.3 Å². The van der Waals surface area contributed by atoms with E-state index < -0.39 is 0 Å². The van der Waals surface area contributed by atoms with Crippen LogP contribution in [0.4, 0.5) is 0 Å². The molecule has 1 aliphatic heterocycles. The molecular weight excluding hydrogens is 216 g/mol. The van der Waals surface area contributed by atoms with Crippen molar-refractivity contribution >= 4 is 5.91 Å². The van der Waals surface area contributed by atoms with Crippen molar-refractivity contribution in [3.8, 4) is 0 Å². The number of carbonyl (C=O) groups is 1. The van der Waals surface area contributed by atoms with Crippen LogP contribution in [0.1, 0.15) is 39.5 Å². The second-order valence-corrected chi connectivity index (χ2v) is 5.08. The first-order valence-electron chi connectivity index (χ1n) is 6.76. The maximum absolute atomic E-state index is 11.5. The molecule has 1 saturated heterocycles. The molecule has 0 aliphatic carbocycles. The second-order valence-electron chi connectivity index (χ2n) is 5.08. The van der Waals surface area contributed by atoms with Gasteiger partial charge < -0.3 is 15.4 Å². The summed E-state index contributed by atoms with van der Waals surface area (Å²) in [6.45, 7) is 7.70. The smallest absolute Gasteiger partial charge is 0.220 e. The van der Waals surface area contributed by atoms with Crippen molar-refractivity contribution in [2.75, 3.05) is 26.3 Å². The Balaban J connectivity index is 1.90. The van der Waals surface area contributed by atoms with Gasteiger partial charge in [0.15, 0.2) is 0 Å². The zero-order valence-corrected chi connectivity index (χ0v) is 11.1. The first kappa shape index (κ1) is 14.5. The van der Waals surface area contributed by atoms with E-state index in [0.717, 1.165) is 45.6 Å². The molecule has 1 rings (SSSR count). The predicted octanol–water partition coefficient (Wildman–Crippen LogP) is 1.31. The number of rotatable bonds is 8. The van der Waals surface area contributed by atoms with Gasteiger partial charge in [0, 0.05) is 32.2 Å². The van der Waals surface area contributed by atoms with Gasteiger partial charge in [-0.15, -0.1) is 0 Å². The molecule has 0 aromatic rings. The summed E-state index contributed by atoms with van der Waals surface area (Å²) in [5.41, 5.74) is 0. The van der Waals surface area contributed by atoms with Gasteiger partial charge in [-0.1, -0.05) is 13.8 Å². The van der Waals surface area contributed by atoms with Crippen LogP contribution in [0.2, 0.25) is 0 Å². The van der Waals surface area contributed by atoms with Crippen LogP contribution < -0.4 is 10.6 Å². The summed E-state index contributed by atoms with van der Waals surface area (Å²) in [6.07, 6.45) is 3.74. The molecule has 1 aliphatic rings. The van der Waals surface area contributed by atoms with E-state index >= 15 is 0 Å². The molecule has 1 heterocycles. The van der Waals surface area contributed by atoms with E-state index in [9.17, 15) is 4.79 Å². The highest BCUT2D eigenvalue weighted by molar-refractivity contribution is 5.75. The first-order chi connectivity index (χ1) is 8.18. The lowest BCUT2D eigenvalue weighted by Gasteiger charge is -2.10. The lowest BCUT2D eigenvalue weighted by Crippen LogP contribution is -2.28. The topological polar surface area (TPSA) is 50.4 Å². The SMILES string of the molecule is CC(C)NCCCC(=O)NCCC1CCOC1. The maximum atomic E-state index is 11.5. The van der Waals surface area contributed by atoms with Crippen molar-refractivity contribution in [2.24, 2.45) is 5.92 Å². The normalized spacial score (nSPS) is 19.8. The number of hydrogen-bond acceptors (Lipinski definition) is 3. The number of ether oxygens (including phenoxy) is 1. The summed E-state index contributed by atoms with van der Waals surface area (Å²) in [5, 5.41) is 6.28. The van der Waals surface area contributed by atoms with E-state index in [0.29, 0.717) is 18.4 Å². The van der Waals surface area contributed by atoms with Crippen LogP contribution in [0.15, 0.2) is 0 Å². The molecule has 100 valence electrons. The van der Waals surface area contributed by atoms with Gasteiger partial charge in [-0.3, -0.25) is 4.79 Å². The van der Waals surface area contributed by atoms with E-state index in [-0.39, 0.29) is 5.91 Å². The van der Waals surface area contributed by atoms with Crippen LogP contribution in [0.25, 0.3) is 0 Å². The Kier molecular flexibility index (Phi) is 7.21. The third kappa shape index (κ3) is 7.34. The minimum absolute atomic E-state index is 0.175. The molecule has 4 heteroatoms. The van der Waals surface area contributed by atoms with E-state index in [1.807, 2.05) is 0 Å². The molecular formula is C13H26N2O2. The molecule has 0 saturated carbocycles. The summed E-state index contributed by atoms with van der Waals surface area (Å²) < 4.78 is 5.30. The van der Waals surface area contributed by atoms with Gasteiger partial charge in [0.1, 0.15) is 0 Å². The first-order valence-corrected chi connectivity index (χ1v) is 6.76. The van der Waals surface area contributed by atoms with Gasteiger partial charge in [-0.05, 0) is 31.7 Å². The quantitative estimate of drug-likeness (QED) is 0.631. The maximum Gasteiger partial charge on any atom is 0.220 e. The van der Waals surface area contributed by atoms with Gasteiger partial charge in [-0.2, -0.15) is 0 Å². The van der Waals surface area contributed by atoms with E-state index in [4.69, 9.17) is 4.74 Å². The van der Waals surface area contributed by atoms with Crippen molar-refractivity contribution < 1.29 is 9.53 Å². The Bertz CT molecular complexity index is 213. The standard InChI is InChI=1S/C13H26N2O2/c1-11(2)14-7-3-4-13(16)15-8-5-12-6-9-17-10-12/h11-12,14H,3-10H2,1-2H3,(H,15,16). The van der Waals surface area contributed by atoms with Crippen LogP contribution in [0, 0.1) is 5.92 Å². The average molecular weight is 242 g/mol. The molecule has 2 N–H and O–H groups in total. The summed E-state index contributed by atoms with van der Waals surface area (Å²) in [5.74, 6) is 0.826. The van der Waals surface area contributed by atoms with Crippen LogP contribution >= 0.6 is 0 Å². The highest BCUT2D eigenvalue weighted by atomic mass is 16.5. The minimum Gasteiger partial charge on any atom is -0.381 e. The van der Waals surface area contributed by atoms with Gasteiger partial charge in [0.25, 0.3) is 0 Å². The molecule has 0 aromatic heterocycles. The van der Waals surface area contributed by atoms with Crippen LogP contribution in [0.3, 0.4) is 0 Å². The molecule has 4 nitrogen and oxygen atoms in total. The molecule has 0 radical (unpaired) electrons. The van der Waals surface area contributed by atoms with Crippen LogP contribution in [0.5, 0.6) is 0 Å². The van der Waals surface area contributed by atoms with Gasteiger partial charge >= 0.3 is 0 Å². The Hall–Kier alpha value is -0.610.